The monoisotopic (exact) mass is 324 g/mol. The number of fused-ring (bicyclic) bond motifs is 1. The van der Waals surface area contributed by atoms with Gasteiger partial charge in [-0.25, -0.2) is 8.42 Å². The average molecular weight is 324 g/mol. The van der Waals surface area contributed by atoms with Gasteiger partial charge in [0.15, 0.2) is 0 Å². The van der Waals surface area contributed by atoms with Gasteiger partial charge in [0.05, 0.1) is 5.75 Å². The van der Waals surface area contributed by atoms with Gasteiger partial charge in [-0.05, 0) is 38.6 Å². The highest BCUT2D eigenvalue weighted by Crippen LogP contribution is 2.28. The third-order valence-electron chi connectivity index (χ3n) is 4.14. The molecular weight excluding hydrogens is 300 g/mol. The average Bonchev–Trinajstić information content (AvgIpc) is 2.64. The van der Waals surface area contributed by atoms with Crippen LogP contribution in [0.15, 0.2) is 24.3 Å². The highest BCUT2D eigenvalue weighted by molar-refractivity contribution is 7.90. The molecule has 0 N–H and O–H groups in total. The standard InChI is InChI=1S/C16H24N2O3S/c1-17(2)14-9-8-13-6-4-5-7-15(13)18(12-14)16(19)10-11-22(3,20)21/h4-7,14H,8-12H2,1-3H3. The molecule has 0 fully saturated rings. The fourth-order valence-corrected chi connectivity index (χ4v) is 3.32. The SMILES string of the molecule is CN(C)C1CCc2ccccc2N(C(=O)CCS(C)(=O)=O)C1. The quantitative estimate of drug-likeness (QED) is 0.838. The summed E-state index contributed by atoms with van der Waals surface area (Å²) in [6.07, 6.45) is 3.11. The van der Waals surface area contributed by atoms with E-state index in [0.717, 1.165) is 24.1 Å². The molecule has 1 heterocycles. The Labute approximate surface area is 132 Å². The molecule has 1 aliphatic heterocycles. The Morgan fingerprint density at radius 1 is 1.32 bits per heavy atom. The zero-order chi connectivity index (χ0) is 16.3. The molecule has 0 bridgehead atoms. The van der Waals surface area contributed by atoms with E-state index in [2.05, 4.69) is 4.90 Å². The number of para-hydroxylation sites is 1. The molecule has 1 atom stereocenters. The van der Waals surface area contributed by atoms with Crippen LogP contribution < -0.4 is 4.90 Å². The van der Waals surface area contributed by atoms with Crippen LogP contribution in [-0.2, 0) is 21.1 Å². The van der Waals surface area contributed by atoms with Gasteiger partial charge in [0.1, 0.15) is 9.84 Å². The molecule has 0 spiro atoms. The van der Waals surface area contributed by atoms with Crippen molar-refractivity contribution in [2.24, 2.45) is 0 Å². The van der Waals surface area contributed by atoms with Crippen molar-refractivity contribution in [1.82, 2.24) is 4.90 Å². The summed E-state index contributed by atoms with van der Waals surface area (Å²) in [5.74, 6) is -0.219. The van der Waals surface area contributed by atoms with Gasteiger partial charge < -0.3 is 9.80 Å². The van der Waals surface area contributed by atoms with Crippen molar-refractivity contribution >= 4 is 21.4 Å². The predicted molar refractivity (Wildman–Crippen MR) is 88.9 cm³/mol. The second-order valence-electron chi connectivity index (χ2n) is 6.17. The number of rotatable bonds is 4. The van der Waals surface area contributed by atoms with Crippen molar-refractivity contribution in [2.45, 2.75) is 25.3 Å². The Balaban J connectivity index is 2.26. The van der Waals surface area contributed by atoms with E-state index in [-0.39, 0.29) is 24.1 Å². The Bertz CT molecular complexity index is 641. The van der Waals surface area contributed by atoms with Gasteiger partial charge in [-0.2, -0.15) is 0 Å². The largest absolute Gasteiger partial charge is 0.311 e. The first-order chi connectivity index (χ1) is 10.3. The van der Waals surface area contributed by atoms with Crippen LogP contribution in [0.1, 0.15) is 18.4 Å². The van der Waals surface area contributed by atoms with Gasteiger partial charge in [-0.1, -0.05) is 18.2 Å². The van der Waals surface area contributed by atoms with Crippen molar-refractivity contribution in [3.05, 3.63) is 29.8 Å². The molecule has 5 nitrogen and oxygen atoms in total. The van der Waals surface area contributed by atoms with Crippen LogP contribution in [0, 0.1) is 0 Å². The van der Waals surface area contributed by atoms with E-state index < -0.39 is 9.84 Å². The summed E-state index contributed by atoms with van der Waals surface area (Å²) in [7, 11) is 0.895. The Morgan fingerprint density at radius 3 is 2.64 bits per heavy atom. The molecular formula is C16H24N2O3S. The molecule has 0 saturated heterocycles. The number of sulfone groups is 1. The maximum atomic E-state index is 12.6. The minimum atomic E-state index is -3.13. The van der Waals surface area contributed by atoms with Gasteiger partial charge in [-0.3, -0.25) is 4.79 Å². The Kier molecular flexibility index (Phi) is 5.24. The minimum Gasteiger partial charge on any atom is -0.311 e. The summed E-state index contributed by atoms with van der Waals surface area (Å²) in [6.45, 7) is 0.604. The van der Waals surface area contributed by atoms with E-state index in [4.69, 9.17) is 0 Å². The van der Waals surface area contributed by atoms with Crippen LogP contribution in [0.3, 0.4) is 0 Å². The van der Waals surface area contributed by atoms with Gasteiger partial charge >= 0.3 is 0 Å². The van der Waals surface area contributed by atoms with Crippen LogP contribution in [-0.4, -0.2) is 57.9 Å². The van der Waals surface area contributed by atoms with Crippen molar-refractivity contribution in [3.63, 3.8) is 0 Å². The van der Waals surface area contributed by atoms with Gasteiger partial charge in [0.25, 0.3) is 0 Å². The fraction of sp³-hybridized carbons (Fsp3) is 0.562. The molecule has 1 aliphatic rings. The van der Waals surface area contributed by atoms with Crippen LogP contribution >= 0.6 is 0 Å². The minimum absolute atomic E-state index is 0.0350. The maximum absolute atomic E-state index is 12.6. The zero-order valence-electron chi connectivity index (χ0n) is 13.4. The number of amides is 1. The number of hydrogen-bond acceptors (Lipinski definition) is 4. The molecule has 0 saturated carbocycles. The summed E-state index contributed by atoms with van der Waals surface area (Å²) < 4.78 is 22.7. The lowest BCUT2D eigenvalue weighted by molar-refractivity contribution is -0.118. The van der Waals surface area contributed by atoms with E-state index in [1.807, 2.05) is 38.4 Å². The number of benzene rings is 1. The molecule has 122 valence electrons. The van der Waals surface area contributed by atoms with Crippen LogP contribution in [0.4, 0.5) is 5.69 Å². The van der Waals surface area contributed by atoms with Crippen molar-refractivity contribution < 1.29 is 13.2 Å². The van der Waals surface area contributed by atoms with Crippen molar-refractivity contribution in [1.29, 1.82) is 0 Å². The number of carbonyl (C=O) groups excluding carboxylic acids is 1. The van der Waals surface area contributed by atoms with Gasteiger partial charge in [0, 0.05) is 31.0 Å². The summed E-state index contributed by atoms with van der Waals surface area (Å²) in [5, 5.41) is 0. The summed E-state index contributed by atoms with van der Waals surface area (Å²) >= 11 is 0. The number of hydrogen-bond donors (Lipinski definition) is 0. The first-order valence-electron chi connectivity index (χ1n) is 7.50. The first kappa shape index (κ1) is 17.0. The van der Waals surface area contributed by atoms with E-state index in [1.165, 1.54) is 6.26 Å². The summed E-state index contributed by atoms with van der Waals surface area (Å²) in [5.41, 5.74) is 2.07. The van der Waals surface area contributed by atoms with Crippen LogP contribution in [0.2, 0.25) is 0 Å². The normalized spacial score (nSPS) is 18.9. The molecule has 1 unspecified atom stereocenters. The molecule has 2 rings (SSSR count). The summed E-state index contributed by atoms with van der Waals surface area (Å²) in [6, 6.07) is 8.17. The number of likely N-dealkylation sites (N-methyl/N-ethyl adjacent to an activating group) is 1. The molecule has 6 heteroatoms. The molecule has 0 aromatic heterocycles. The number of anilines is 1. The van der Waals surface area contributed by atoms with E-state index >= 15 is 0 Å². The smallest absolute Gasteiger partial charge is 0.228 e. The lowest BCUT2D eigenvalue weighted by Crippen LogP contribution is -2.43. The topological polar surface area (TPSA) is 57.7 Å². The molecule has 1 amide bonds. The van der Waals surface area contributed by atoms with Crippen molar-refractivity contribution in [3.8, 4) is 0 Å². The second kappa shape index (κ2) is 6.79. The predicted octanol–water partition coefficient (Wildman–Crippen LogP) is 1.33. The molecule has 1 aromatic carbocycles. The first-order valence-corrected chi connectivity index (χ1v) is 9.56. The Morgan fingerprint density at radius 2 is 2.00 bits per heavy atom. The van der Waals surface area contributed by atoms with E-state index in [9.17, 15) is 13.2 Å². The lowest BCUT2D eigenvalue weighted by atomic mass is 10.1. The Hall–Kier alpha value is -1.40. The highest BCUT2D eigenvalue weighted by atomic mass is 32.2. The van der Waals surface area contributed by atoms with Crippen LogP contribution in [0.25, 0.3) is 0 Å². The second-order valence-corrected chi connectivity index (χ2v) is 8.43. The molecule has 1 aromatic rings. The summed E-state index contributed by atoms with van der Waals surface area (Å²) in [4.78, 5) is 16.5. The molecule has 22 heavy (non-hydrogen) atoms. The number of carbonyl (C=O) groups is 1. The highest BCUT2D eigenvalue weighted by Gasteiger charge is 2.27. The lowest BCUT2D eigenvalue weighted by Gasteiger charge is -2.29. The zero-order valence-corrected chi connectivity index (χ0v) is 14.3. The van der Waals surface area contributed by atoms with Crippen LogP contribution in [0.5, 0.6) is 0 Å². The van der Waals surface area contributed by atoms with Crippen molar-refractivity contribution in [2.75, 3.05) is 37.5 Å². The van der Waals surface area contributed by atoms with E-state index in [0.29, 0.717) is 6.54 Å². The maximum Gasteiger partial charge on any atom is 0.228 e. The van der Waals surface area contributed by atoms with Gasteiger partial charge in [-0.15, -0.1) is 0 Å². The fourth-order valence-electron chi connectivity index (χ4n) is 2.77. The van der Waals surface area contributed by atoms with E-state index in [1.54, 1.807) is 4.90 Å². The number of nitrogens with zero attached hydrogens (tertiary/aromatic N) is 2. The third kappa shape index (κ3) is 4.30. The number of aryl methyl sites for hydroxylation is 1. The molecule has 0 aliphatic carbocycles. The molecule has 0 radical (unpaired) electrons. The van der Waals surface area contributed by atoms with Gasteiger partial charge in [0.2, 0.25) is 5.91 Å². The third-order valence-corrected chi connectivity index (χ3v) is 5.09.